The molecule has 1 saturated carbocycles. The first-order valence-corrected chi connectivity index (χ1v) is 8.78. The maximum atomic E-state index is 12.8. The van der Waals surface area contributed by atoms with Gasteiger partial charge in [0.05, 0.1) is 23.5 Å². The van der Waals surface area contributed by atoms with Gasteiger partial charge in [-0.15, -0.1) is 0 Å². The largest absolute Gasteiger partial charge is 0.364 e. The predicted molar refractivity (Wildman–Crippen MR) is 92.7 cm³/mol. The minimum Gasteiger partial charge on any atom is -0.364 e. The van der Waals surface area contributed by atoms with Crippen molar-refractivity contribution in [2.24, 2.45) is 0 Å². The van der Waals surface area contributed by atoms with E-state index in [0.29, 0.717) is 22.5 Å². The zero-order valence-electron chi connectivity index (χ0n) is 15.6. The standard InChI is InChI=1S/C18H24N4O4/c1-11-13(9-25-19-11)17(23)21(3)15-7-5-6-8-16(15)22(4)18(24)14-10-26-20-12(14)2/h9-10,15-16H,5-8H2,1-4H3/t15-,16-/m1/s1. The molecule has 0 aromatic carbocycles. The molecule has 140 valence electrons. The Morgan fingerprint density at radius 1 is 0.885 bits per heavy atom. The second-order valence-electron chi connectivity index (χ2n) is 6.88. The number of hydrogen-bond donors (Lipinski definition) is 0. The van der Waals surface area contributed by atoms with Crippen molar-refractivity contribution in [3.05, 3.63) is 35.0 Å². The fourth-order valence-corrected chi connectivity index (χ4v) is 3.67. The zero-order chi connectivity index (χ0) is 18.8. The Morgan fingerprint density at radius 3 is 1.58 bits per heavy atom. The molecule has 2 amide bonds. The van der Waals surface area contributed by atoms with Crippen LogP contribution in [0.25, 0.3) is 0 Å². The van der Waals surface area contributed by atoms with E-state index < -0.39 is 0 Å². The monoisotopic (exact) mass is 360 g/mol. The highest BCUT2D eigenvalue weighted by Crippen LogP contribution is 2.28. The van der Waals surface area contributed by atoms with Gasteiger partial charge in [-0.05, 0) is 26.7 Å². The number of nitrogens with zero attached hydrogens (tertiary/aromatic N) is 4. The maximum Gasteiger partial charge on any atom is 0.259 e. The Labute approximate surface area is 152 Å². The van der Waals surface area contributed by atoms with Crippen molar-refractivity contribution in [1.82, 2.24) is 20.1 Å². The van der Waals surface area contributed by atoms with Crippen LogP contribution >= 0.6 is 0 Å². The quantitative estimate of drug-likeness (QED) is 0.831. The van der Waals surface area contributed by atoms with E-state index in [4.69, 9.17) is 9.05 Å². The van der Waals surface area contributed by atoms with Crippen molar-refractivity contribution in [3.8, 4) is 0 Å². The van der Waals surface area contributed by atoms with Crippen LogP contribution in [-0.4, -0.2) is 58.1 Å². The molecule has 1 aliphatic carbocycles. The minimum absolute atomic E-state index is 0.0698. The van der Waals surface area contributed by atoms with E-state index in [1.165, 1.54) is 12.5 Å². The molecule has 8 heteroatoms. The van der Waals surface area contributed by atoms with E-state index in [2.05, 4.69) is 10.3 Å². The summed E-state index contributed by atoms with van der Waals surface area (Å²) < 4.78 is 9.80. The summed E-state index contributed by atoms with van der Waals surface area (Å²) in [6.45, 7) is 3.49. The molecule has 2 atom stereocenters. The normalized spacial score (nSPS) is 20.0. The smallest absolute Gasteiger partial charge is 0.259 e. The van der Waals surface area contributed by atoms with E-state index in [1.807, 2.05) is 0 Å². The van der Waals surface area contributed by atoms with Crippen LogP contribution < -0.4 is 0 Å². The van der Waals surface area contributed by atoms with Gasteiger partial charge in [0.2, 0.25) is 0 Å². The molecule has 2 aromatic heterocycles. The minimum atomic E-state index is -0.136. The molecule has 0 saturated heterocycles. The van der Waals surface area contributed by atoms with Gasteiger partial charge in [0.1, 0.15) is 23.7 Å². The van der Waals surface area contributed by atoms with Gasteiger partial charge < -0.3 is 18.8 Å². The Morgan fingerprint density at radius 2 is 1.27 bits per heavy atom. The first kappa shape index (κ1) is 18.2. The van der Waals surface area contributed by atoms with Gasteiger partial charge in [0.25, 0.3) is 11.8 Å². The molecule has 1 aliphatic rings. The zero-order valence-corrected chi connectivity index (χ0v) is 15.6. The Bertz CT molecular complexity index is 730. The summed E-state index contributed by atoms with van der Waals surface area (Å²) in [7, 11) is 3.56. The molecule has 0 bridgehead atoms. The molecule has 0 unspecified atom stereocenters. The van der Waals surface area contributed by atoms with Crippen LogP contribution in [0.5, 0.6) is 0 Å². The lowest BCUT2D eigenvalue weighted by molar-refractivity contribution is 0.0419. The molecular weight excluding hydrogens is 336 g/mol. The van der Waals surface area contributed by atoms with Crippen molar-refractivity contribution in [1.29, 1.82) is 0 Å². The third-order valence-electron chi connectivity index (χ3n) is 5.29. The summed E-state index contributed by atoms with van der Waals surface area (Å²) in [4.78, 5) is 29.1. The fourth-order valence-electron chi connectivity index (χ4n) is 3.67. The molecule has 2 heterocycles. The predicted octanol–water partition coefficient (Wildman–Crippen LogP) is 2.43. The first-order valence-electron chi connectivity index (χ1n) is 8.78. The topological polar surface area (TPSA) is 92.7 Å². The molecule has 0 aliphatic heterocycles. The van der Waals surface area contributed by atoms with Gasteiger partial charge in [0.15, 0.2) is 0 Å². The van der Waals surface area contributed by atoms with Gasteiger partial charge in [-0.1, -0.05) is 23.2 Å². The summed E-state index contributed by atoms with van der Waals surface area (Å²) in [6, 6.07) is -0.140. The second-order valence-corrected chi connectivity index (χ2v) is 6.88. The second kappa shape index (κ2) is 7.31. The molecule has 3 rings (SSSR count). The summed E-state index contributed by atoms with van der Waals surface area (Å²) in [6.07, 6.45) is 6.49. The Hall–Kier alpha value is -2.64. The van der Waals surface area contributed by atoms with E-state index in [9.17, 15) is 9.59 Å². The first-order chi connectivity index (χ1) is 12.4. The molecule has 0 N–H and O–H groups in total. The van der Waals surface area contributed by atoms with Crippen molar-refractivity contribution in [2.45, 2.75) is 51.6 Å². The van der Waals surface area contributed by atoms with E-state index >= 15 is 0 Å². The molecule has 1 fully saturated rings. The SMILES string of the molecule is Cc1nocc1C(=O)N(C)[C@@H]1CCCC[C@H]1N(C)C(=O)c1conc1C. The highest BCUT2D eigenvalue weighted by molar-refractivity contribution is 5.96. The lowest BCUT2D eigenvalue weighted by Gasteiger charge is -2.42. The van der Waals surface area contributed by atoms with Crippen LogP contribution in [-0.2, 0) is 0 Å². The molecular formula is C18H24N4O4. The van der Waals surface area contributed by atoms with Gasteiger partial charge >= 0.3 is 0 Å². The van der Waals surface area contributed by atoms with Gasteiger partial charge in [0, 0.05) is 14.1 Å². The summed E-state index contributed by atoms with van der Waals surface area (Å²) in [5.41, 5.74) is 2.05. The van der Waals surface area contributed by atoms with Crippen LogP contribution in [0.1, 0.15) is 57.8 Å². The maximum absolute atomic E-state index is 12.8. The number of amides is 2. The van der Waals surface area contributed by atoms with Crippen LogP contribution in [0.4, 0.5) is 0 Å². The number of hydrogen-bond acceptors (Lipinski definition) is 6. The Balaban J connectivity index is 1.81. The number of rotatable bonds is 4. The third-order valence-corrected chi connectivity index (χ3v) is 5.29. The number of aryl methyl sites for hydroxylation is 2. The molecule has 2 aromatic rings. The van der Waals surface area contributed by atoms with E-state index in [-0.39, 0.29) is 23.9 Å². The molecule has 0 radical (unpaired) electrons. The van der Waals surface area contributed by atoms with Crippen LogP contribution in [0.2, 0.25) is 0 Å². The molecule has 26 heavy (non-hydrogen) atoms. The van der Waals surface area contributed by atoms with Crippen molar-refractivity contribution < 1.29 is 18.6 Å². The van der Waals surface area contributed by atoms with Crippen LogP contribution in [0, 0.1) is 13.8 Å². The van der Waals surface area contributed by atoms with Gasteiger partial charge in [-0.3, -0.25) is 9.59 Å². The lowest BCUT2D eigenvalue weighted by Crippen LogP contribution is -2.54. The molecule has 0 spiro atoms. The highest BCUT2D eigenvalue weighted by Gasteiger charge is 2.37. The molecule has 8 nitrogen and oxygen atoms in total. The average Bonchev–Trinajstić information content (AvgIpc) is 3.27. The highest BCUT2D eigenvalue weighted by atomic mass is 16.5. The Kier molecular flexibility index (Phi) is 5.11. The van der Waals surface area contributed by atoms with Gasteiger partial charge in [-0.2, -0.15) is 0 Å². The average molecular weight is 360 g/mol. The van der Waals surface area contributed by atoms with Crippen molar-refractivity contribution in [3.63, 3.8) is 0 Å². The lowest BCUT2D eigenvalue weighted by atomic mass is 9.87. The van der Waals surface area contributed by atoms with E-state index in [1.54, 1.807) is 37.7 Å². The third kappa shape index (κ3) is 3.23. The number of carbonyl (C=O) groups is 2. The van der Waals surface area contributed by atoms with Gasteiger partial charge in [-0.25, -0.2) is 0 Å². The van der Waals surface area contributed by atoms with Crippen LogP contribution in [0.3, 0.4) is 0 Å². The van der Waals surface area contributed by atoms with Crippen molar-refractivity contribution in [2.75, 3.05) is 14.1 Å². The summed E-state index contributed by atoms with van der Waals surface area (Å²) in [5.74, 6) is -0.273. The summed E-state index contributed by atoms with van der Waals surface area (Å²) >= 11 is 0. The fraction of sp³-hybridized carbons (Fsp3) is 0.556. The van der Waals surface area contributed by atoms with Crippen molar-refractivity contribution >= 4 is 11.8 Å². The number of likely N-dealkylation sites (N-methyl/N-ethyl adjacent to an activating group) is 2. The van der Waals surface area contributed by atoms with E-state index in [0.717, 1.165) is 25.7 Å². The van der Waals surface area contributed by atoms with Crippen LogP contribution in [0.15, 0.2) is 21.6 Å². The summed E-state index contributed by atoms with van der Waals surface area (Å²) in [5, 5.41) is 7.57. The number of aromatic nitrogens is 2. The number of carbonyl (C=O) groups excluding carboxylic acids is 2.